The summed E-state index contributed by atoms with van der Waals surface area (Å²) >= 11 is 1.43. The molecule has 4 rings (SSSR count). The second-order valence-electron chi connectivity index (χ2n) is 8.07. The first-order valence-electron chi connectivity index (χ1n) is 9.98. The van der Waals surface area contributed by atoms with Gasteiger partial charge in [0.1, 0.15) is 5.03 Å². The van der Waals surface area contributed by atoms with Gasteiger partial charge in [0.2, 0.25) is 5.91 Å². The number of nitrogens with zero attached hydrogens (tertiary/aromatic N) is 2. The van der Waals surface area contributed by atoms with Crippen LogP contribution in [0.2, 0.25) is 0 Å². The lowest BCUT2D eigenvalue weighted by molar-refractivity contribution is -0.113. The Hall–Kier alpha value is -2.70. The van der Waals surface area contributed by atoms with Crippen molar-refractivity contribution >= 4 is 23.4 Å². The summed E-state index contributed by atoms with van der Waals surface area (Å²) in [5, 5.41) is 3.76. The number of anilines is 1. The smallest absolute Gasteiger partial charge is 0.234 e. The molecular formula is C24H25N3O2S. The zero-order valence-corrected chi connectivity index (χ0v) is 18.3. The van der Waals surface area contributed by atoms with Gasteiger partial charge in [0.15, 0.2) is 5.82 Å². The Bertz CT molecular complexity index is 1050. The maximum Gasteiger partial charge on any atom is 0.234 e. The van der Waals surface area contributed by atoms with Crippen LogP contribution in [0.15, 0.2) is 59.6 Å². The number of amides is 1. The number of fused-ring (bicyclic) bond motifs is 1. The minimum Gasteiger partial charge on any atom is -0.370 e. The standard InChI is InChI=1S/C24H25N3O2S/c1-16-9-11-18(12-10-16)25-21(28)15-30-23-19-14-29-24(2,3)13-20(19)26-22(27-23)17-7-5-4-6-8-17/h4-12H,13-15H2,1-3H3,(H,25,28). The third kappa shape index (κ3) is 4.89. The summed E-state index contributed by atoms with van der Waals surface area (Å²) in [4.78, 5) is 22.1. The van der Waals surface area contributed by atoms with E-state index in [0.29, 0.717) is 18.9 Å². The molecule has 3 aromatic rings. The van der Waals surface area contributed by atoms with Gasteiger partial charge in [-0.3, -0.25) is 4.79 Å². The van der Waals surface area contributed by atoms with Crippen LogP contribution in [0.3, 0.4) is 0 Å². The summed E-state index contributed by atoms with van der Waals surface area (Å²) in [7, 11) is 0. The Morgan fingerprint density at radius 3 is 2.57 bits per heavy atom. The molecule has 1 aromatic heterocycles. The third-order valence-electron chi connectivity index (χ3n) is 4.96. The van der Waals surface area contributed by atoms with Crippen molar-refractivity contribution in [2.75, 3.05) is 11.1 Å². The number of ether oxygens (including phenoxy) is 1. The third-order valence-corrected chi connectivity index (χ3v) is 5.98. The number of benzene rings is 2. The molecule has 0 aliphatic carbocycles. The zero-order chi connectivity index (χ0) is 21.1. The van der Waals surface area contributed by atoms with Crippen LogP contribution in [0, 0.1) is 6.92 Å². The molecule has 1 N–H and O–H groups in total. The molecule has 1 amide bonds. The van der Waals surface area contributed by atoms with E-state index in [0.717, 1.165) is 33.1 Å². The Morgan fingerprint density at radius 1 is 1.10 bits per heavy atom. The van der Waals surface area contributed by atoms with Gasteiger partial charge in [-0.15, -0.1) is 0 Å². The molecule has 0 spiro atoms. The molecule has 0 saturated carbocycles. The largest absolute Gasteiger partial charge is 0.370 e. The minimum absolute atomic E-state index is 0.0606. The zero-order valence-electron chi connectivity index (χ0n) is 17.4. The highest BCUT2D eigenvalue weighted by molar-refractivity contribution is 8.00. The predicted molar refractivity (Wildman–Crippen MR) is 121 cm³/mol. The normalized spacial score (nSPS) is 14.8. The quantitative estimate of drug-likeness (QED) is 0.464. The van der Waals surface area contributed by atoms with Gasteiger partial charge in [-0.05, 0) is 32.9 Å². The second-order valence-corrected chi connectivity index (χ2v) is 9.04. The molecule has 2 aromatic carbocycles. The maximum absolute atomic E-state index is 12.5. The van der Waals surface area contributed by atoms with Gasteiger partial charge in [0.05, 0.1) is 23.7 Å². The number of carbonyl (C=O) groups is 1. The van der Waals surface area contributed by atoms with Crippen molar-refractivity contribution in [3.8, 4) is 11.4 Å². The number of hydrogen-bond donors (Lipinski definition) is 1. The van der Waals surface area contributed by atoms with Crippen LogP contribution in [-0.2, 0) is 22.6 Å². The number of rotatable bonds is 5. The Balaban J connectivity index is 1.57. The number of carbonyl (C=O) groups excluding carboxylic acids is 1. The van der Waals surface area contributed by atoms with Crippen molar-refractivity contribution < 1.29 is 9.53 Å². The maximum atomic E-state index is 12.5. The van der Waals surface area contributed by atoms with E-state index < -0.39 is 0 Å². The van der Waals surface area contributed by atoms with Crippen molar-refractivity contribution in [3.05, 3.63) is 71.4 Å². The van der Waals surface area contributed by atoms with Gasteiger partial charge in [0.25, 0.3) is 0 Å². The molecule has 0 bridgehead atoms. The number of aryl methyl sites for hydroxylation is 1. The lowest BCUT2D eigenvalue weighted by Crippen LogP contribution is -2.33. The molecule has 0 unspecified atom stereocenters. The van der Waals surface area contributed by atoms with Gasteiger partial charge >= 0.3 is 0 Å². The summed E-state index contributed by atoms with van der Waals surface area (Å²) in [6.07, 6.45) is 0.716. The summed E-state index contributed by atoms with van der Waals surface area (Å²) in [6, 6.07) is 17.7. The molecule has 0 saturated heterocycles. The van der Waals surface area contributed by atoms with Gasteiger partial charge in [0, 0.05) is 23.2 Å². The van der Waals surface area contributed by atoms with E-state index in [4.69, 9.17) is 14.7 Å². The first kappa shape index (κ1) is 20.6. The summed E-state index contributed by atoms with van der Waals surface area (Å²) in [5.74, 6) is 0.901. The fraction of sp³-hybridized carbons (Fsp3) is 0.292. The molecule has 0 fully saturated rings. The molecule has 5 nitrogen and oxygen atoms in total. The Kier molecular flexibility index (Phi) is 5.88. The summed E-state index contributed by atoms with van der Waals surface area (Å²) < 4.78 is 6.00. The molecule has 1 aliphatic heterocycles. The van der Waals surface area contributed by atoms with E-state index in [2.05, 4.69) is 19.2 Å². The van der Waals surface area contributed by atoms with Crippen molar-refractivity contribution in [2.45, 2.75) is 44.4 Å². The Labute approximate surface area is 181 Å². The first-order chi connectivity index (χ1) is 14.4. The van der Waals surface area contributed by atoms with Gasteiger partial charge in [-0.25, -0.2) is 9.97 Å². The fourth-order valence-corrected chi connectivity index (χ4v) is 4.17. The summed E-state index contributed by atoms with van der Waals surface area (Å²) in [5.41, 5.74) is 4.65. The second kappa shape index (κ2) is 8.58. The van der Waals surface area contributed by atoms with Crippen molar-refractivity contribution in [1.29, 1.82) is 0 Å². The van der Waals surface area contributed by atoms with Crippen molar-refractivity contribution in [1.82, 2.24) is 9.97 Å². The Morgan fingerprint density at radius 2 is 1.83 bits per heavy atom. The van der Waals surface area contributed by atoms with Crippen LogP contribution in [0.5, 0.6) is 0 Å². The lowest BCUT2D eigenvalue weighted by atomic mass is 9.96. The topological polar surface area (TPSA) is 64.1 Å². The van der Waals surface area contributed by atoms with Crippen LogP contribution in [0.4, 0.5) is 5.69 Å². The van der Waals surface area contributed by atoms with E-state index in [9.17, 15) is 4.79 Å². The van der Waals surface area contributed by atoms with Crippen LogP contribution in [-0.4, -0.2) is 27.2 Å². The monoisotopic (exact) mass is 419 g/mol. The molecule has 154 valence electrons. The molecule has 1 aliphatic rings. The SMILES string of the molecule is Cc1ccc(NC(=O)CSc2nc(-c3ccccc3)nc3c2COC(C)(C)C3)cc1. The van der Waals surface area contributed by atoms with Crippen LogP contribution in [0.25, 0.3) is 11.4 Å². The van der Waals surface area contributed by atoms with E-state index >= 15 is 0 Å². The van der Waals surface area contributed by atoms with E-state index in [1.54, 1.807) is 0 Å². The van der Waals surface area contributed by atoms with Crippen molar-refractivity contribution in [3.63, 3.8) is 0 Å². The number of hydrogen-bond acceptors (Lipinski definition) is 5. The molecule has 0 atom stereocenters. The number of thioether (sulfide) groups is 1. The molecular weight excluding hydrogens is 394 g/mol. The molecule has 2 heterocycles. The predicted octanol–water partition coefficient (Wildman–Crippen LogP) is 5.03. The van der Waals surface area contributed by atoms with Gasteiger partial charge in [-0.1, -0.05) is 59.8 Å². The average Bonchev–Trinajstić information content (AvgIpc) is 2.73. The minimum atomic E-state index is -0.264. The molecule has 0 radical (unpaired) electrons. The summed E-state index contributed by atoms with van der Waals surface area (Å²) in [6.45, 7) is 6.62. The van der Waals surface area contributed by atoms with E-state index in [1.807, 2.05) is 61.5 Å². The van der Waals surface area contributed by atoms with E-state index in [1.165, 1.54) is 11.8 Å². The highest BCUT2D eigenvalue weighted by Crippen LogP contribution is 2.34. The van der Waals surface area contributed by atoms with Crippen LogP contribution < -0.4 is 5.32 Å². The molecule has 30 heavy (non-hydrogen) atoms. The van der Waals surface area contributed by atoms with Crippen LogP contribution in [0.1, 0.15) is 30.7 Å². The first-order valence-corrected chi connectivity index (χ1v) is 11.0. The highest BCUT2D eigenvalue weighted by Gasteiger charge is 2.30. The highest BCUT2D eigenvalue weighted by atomic mass is 32.2. The van der Waals surface area contributed by atoms with Gasteiger partial charge < -0.3 is 10.1 Å². The van der Waals surface area contributed by atoms with E-state index in [-0.39, 0.29) is 17.3 Å². The van der Waals surface area contributed by atoms with Gasteiger partial charge in [-0.2, -0.15) is 0 Å². The molecule has 6 heteroatoms. The number of nitrogens with one attached hydrogen (secondary N) is 1. The average molecular weight is 420 g/mol. The van der Waals surface area contributed by atoms with Crippen LogP contribution >= 0.6 is 11.8 Å². The number of aromatic nitrogens is 2. The fourth-order valence-electron chi connectivity index (χ4n) is 3.32. The van der Waals surface area contributed by atoms with Crippen molar-refractivity contribution in [2.24, 2.45) is 0 Å². The lowest BCUT2D eigenvalue weighted by Gasteiger charge is -2.32.